The lowest BCUT2D eigenvalue weighted by atomic mass is 9.94. The summed E-state index contributed by atoms with van der Waals surface area (Å²) in [4.78, 5) is 15.5. The molecule has 124 valence electrons. The fraction of sp³-hybridized carbons (Fsp3) is 0.471. The summed E-state index contributed by atoms with van der Waals surface area (Å²) in [6, 6.07) is 8.00. The molecule has 6 nitrogen and oxygen atoms in total. The SMILES string of the molecule is CCCCNC(=NC)Nc1ccc(C2=NNC(=O)CC2C)cc1. The Bertz CT molecular complexity index is 592. The Kier molecular flexibility index (Phi) is 6.14. The van der Waals surface area contributed by atoms with Crippen molar-refractivity contribution in [2.75, 3.05) is 18.9 Å². The number of carbonyl (C=O) groups is 1. The summed E-state index contributed by atoms with van der Waals surface area (Å²) in [5.41, 5.74) is 5.46. The number of anilines is 1. The van der Waals surface area contributed by atoms with Gasteiger partial charge in [0.15, 0.2) is 5.96 Å². The molecule has 1 amide bonds. The summed E-state index contributed by atoms with van der Waals surface area (Å²) >= 11 is 0. The highest BCUT2D eigenvalue weighted by molar-refractivity contribution is 6.06. The topological polar surface area (TPSA) is 77.9 Å². The Morgan fingerprint density at radius 1 is 1.39 bits per heavy atom. The van der Waals surface area contributed by atoms with Gasteiger partial charge in [0, 0.05) is 31.6 Å². The van der Waals surface area contributed by atoms with Crippen LogP contribution in [0.3, 0.4) is 0 Å². The number of hydrogen-bond acceptors (Lipinski definition) is 3. The van der Waals surface area contributed by atoms with Crippen LogP contribution in [0.15, 0.2) is 34.4 Å². The maximum absolute atomic E-state index is 11.3. The molecule has 0 fully saturated rings. The predicted molar refractivity (Wildman–Crippen MR) is 94.8 cm³/mol. The molecule has 1 aliphatic heterocycles. The van der Waals surface area contributed by atoms with E-state index in [-0.39, 0.29) is 11.8 Å². The van der Waals surface area contributed by atoms with E-state index in [4.69, 9.17) is 0 Å². The van der Waals surface area contributed by atoms with Crippen molar-refractivity contribution < 1.29 is 4.79 Å². The average Bonchev–Trinajstić information content (AvgIpc) is 2.55. The van der Waals surface area contributed by atoms with E-state index in [0.29, 0.717) is 6.42 Å². The Morgan fingerprint density at radius 3 is 2.74 bits per heavy atom. The number of hydrazone groups is 1. The van der Waals surface area contributed by atoms with E-state index in [1.165, 1.54) is 0 Å². The number of aliphatic imine (C=N–C) groups is 1. The molecule has 3 N–H and O–H groups in total. The molecule has 0 aliphatic carbocycles. The van der Waals surface area contributed by atoms with Gasteiger partial charge in [0.05, 0.1) is 5.71 Å². The van der Waals surface area contributed by atoms with Crippen LogP contribution < -0.4 is 16.1 Å². The zero-order valence-electron chi connectivity index (χ0n) is 14.0. The predicted octanol–water partition coefficient (Wildman–Crippen LogP) is 2.33. The number of benzene rings is 1. The van der Waals surface area contributed by atoms with Crippen molar-refractivity contribution in [2.45, 2.75) is 33.1 Å². The molecule has 1 unspecified atom stereocenters. The lowest BCUT2D eigenvalue weighted by Gasteiger charge is -2.19. The molecule has 0 spiro atoms. The molecule has 0 saturated heterocycles. The molecule has 0 bridgehead atoms. The number of amides is 1. The smallest absolute Gasteiger partial charge is 0.240 e. The van der Waals surface area contributed by atoms with E-state index in [9.17, 15) is 4.79 Å². The fourth-order valence-corrected chi connectivity index (χ4v) is 2.43. The molecule has 1 atom stereocenters. The van der Waals surface area contributed by atoms with E-state index in [1.54, 1.807) is 7.05 Å². The van der Waals surface area contributed by atoms with Crippen LogP contribution in [0.25, 0.3) is 0 Å². The second-order valence-corrected chi connectivity index (χ2v) is 5.69. The summed E-state index contributed by atoms with van der Waals surface area (Å²) < 4.78 is 0. The van der Waals surface area contributed by atoms with Crippen LogP contribution in [0.2, 0.25) is 0 Å². The van der Waals surface area contributed by atoms with Crippen molar-refractivity contribution in [2.24, 2.45) is 16.0 Å². The lowest BCUT2D eigenvalue weighted by molar-refractivity contribution is -0.121. The minimum atomic E-state index is -0.0264. The van der Waals surface area contributed by atoms with E-state index in [2.05, 4.69) is 33.1 Å². The van der Waals surface area contributed by atoms with Crippen molar-refractivity contribution in [1.82, 2.24) is 10.7 Å². The van der Waals surface area contributed by atoms with Crippen LogP contribution in [-0.4, -0.2) is 31.2 Å². The molecule has 2 rings (SSSR count). The van der Waals surface area contributed by atoms with Gasteiger partial charge in [-0.1, -0.05) is 32.4 Å². The molecule has 1 aromatic carbocycles. The summed E-state index contributed by atoms with van der Waals surface area (Å²) in [5.74, 6) is 0.870. The third kappa shape index (κ3) is 4.81. The Hall–Kier alpha value is -2.37. The normalized spacial score (nSPS) is 18.2. The van der Waals surface area contributed by atoms with Gasteiger partial charge in [0.1, 0.15) is 0 Å². The van der Waals surface area contributed by atoms with Gasteiger partial charge in [0.2, 0.25) is 5.91 Å². The van der Waals surface area contributed by atoms with Crippen molar-refractivity contribution in [3.05, 3.63) is 29.8 Å². The molecule has 0 saturated carbocycles. The molecular formula is C17H25N5O. The molecule has 0 aromatic heterocycles. The van der Waals surface area contributed by atoms with Gasteiger partial charge in [-0.05, 0) is 24.1 Å². The first-order chi connectivity index (χ1) is 11.1. The quantitative estimate of drug-likeness (QED) is 0.443. The standard InChI is InChI=1S/C17H25N5O/c1-4-5-10-19-17(18-3)20-14-8-6-13(7-9-14)16-12(2)11-15(23)21-22-16/h6-9,12H,4-5,10-11H2,1-3H3,(H,21,23)(H2,18,19,20). The highest BCUT2D eigenvalue weighted by Gasteiger charge is 2.21. The fourth-order valence-electron chi connectivity index (χ4n) is 2.43. The van der Waals surface area contributed by atoms with E-state index < -0.39 is 0 Å². The second kappa shape index (κ2) is 8.31. The maximum atomic E-state index is 11.3. The van der Waals surface area contributed by atoms with Crippen LogP contribution in [-0.2, 0) is 4.79 Å². The number of rotatable bonds is 5. The summed E-state index contributed by atoms with van der Waals surface area (Å²) in [7, 11) is 1.76. The van der Waals surface area contributed by atoms with Gasteiger partial charge in [-0.3, -0.25) is 9.79 Å². The summed E-state index contributed by atoms with van der Waals surface area (Å²) in [5, 5.41) is 10.7. The molecule has 0 radical (unpaired) electrons. The number of guanidine groups is 1. The molecule has 1 heterocycles. The summed E-state index contributed by atoms with van der Waals surface area (Å²) in [6.45, 7) is 5.08. The number of hydrogen-bond donors (Lipinski definition) is 3. The highest BCUT2D eigenvalue weighted by Crippen LogP contribution is 2.18. The third-order valence-electron chi connectivity index (χ3n) is 3.75. The lowest BCUT2D eigenvalue weighted by Crippen LogP contribution is -2.32. The van der Waals surface area contributed by atoms with E-state index >= 15 is 0 Å². The monoisotopic (exact) mass is 315 g/mol. The third-order valence-corrected chi connectivity index (χ3v) is 3.75. The molecular weight excluding hydrogens is 290 g/mol. The Labute approximate surface area is 137 Å². The number of unbranched alkanes of at least 4 members (excludes halogenated alkanes) is 1. The molecule has 23 heavy (non-hydrogen) atoms. The van der Waals surface area contributed by atoms with E-state index in [0.717, 1.165) is 42.3 Å². The number of nitrogens with one attached hydrogen (secondary N) is 3. The van der Waals surface area contributed by atoms with Gasteiger partial charge in [-0.15, -0.1) is 0 Å². The largest absolute Gasteiger partial charge is 0.356 e. The highest BCUT2D eigenvalue weighted by atomic mass is 16.2. The van der Waals surface area contributed by atoms with Crippen LogP contribution in [0, 0.1) is 5.92 Å². The van der Waals surface area contributed by atoms with Crippen molar-refractivity contribution in [3.63, 3.8) is 0 Å². The van der Waals surface area contributed by atoms with Crippen molar-refractivity contribution in [1.29, 1.82) is 0 Å². The van der Waals surface area contributed by atoms with Crippen LogP contribution >= 0.6 is 0 Å². The van der Waals surface area contributed by atoms with Crippen molar-refractivity contribution >= 4 is 23.3 Å². The first-order valence-electron chi connectivity index (χ1n) is 8.08. The van der Waals surface area contributed by atoms with Crippen LogP contribution in [0.1, 0.15) is 38.7 Å². The minimum absolute atomic E-state index is 0.0264. The Balaban J connectivity index is 2.00. The molecule has 1 aromatic rings. The van der Waals surface area contributed by atoms with Gasteiger partial charge in [-0.2, -0.15) is 5.10 Å². The van der Waals surface area contributed by atoms with Crippen LogP contribution in [0.5, 0.6) is 0 Å². The summed E-state index contributed by atoms with van der Waals surface area (Å²) in [6.07, 6.45) is 2.74. The first kappa shape index (κ1) is 17.0. The van der Waals surface area contributed by atoms with Crippen molar-refractivity contribution in [3.8, 4) is 0 Å². The second-order valence-electron chi connectivity index (χ2n) is 5.69. The van der Waals surface area contributed by atoms with Gasteiger partial charge >= 0.3 is 0 Å². The zero-order chi connectivity index (χ0) is 16.7. The minimum Gasteiger partial charge on any atom is -0.356 e. The van der Waals surface area contributed by atoms with Gasteiger partial charge < -0.3 is 10.6 Å². The maximum Gasteiger partial charge on any atom is 0.240 e. The average molecular weight is 315 g/mol. The number of carbonyl (C=O) groups excluding carboxylic acids is 1. The van der Waals surface area contributed by atoms with Gasteiger partial charge in [-0.25, -0.2) is 5.43 Å². The van der Waals surface area contributed by atoms with E-state index in [1.807, 2.05) is 31.2 Å². The zero-order valence-corrected chi connectivity index (χ0v) is 14.0. The number of nitrogens with zero attached hydrogens (tertiary/aromatic N) is 2. The molecule has 1 aliphatic rings. The van der Waals surface area contributed by atoms with Crippen LogP contribution in [0.4, 0.5) is 5.69 Å². The van der Waals surface area contributed by atoms with Gasteiger partial charge in [0.25, 0.3) is 0 Å². The first-order valence-corrected chi connectivity index (χ1v) is 8.08. The molecule has 6 heteroatoms. The Morgan fingerprint density at radius 2 is 2.13 bits per heavy atom.